The number of unbranched alkanes of at least 4 members (excludes halogenated alkanes) is 1. The number of aryl methyl sites for hydroxylation is 1. The minimum absolute atomic E-state index is 1.09. The number of thiazole rings is 1. The van der Waals surface area contributed by atoms with E-state index in [0.717, 1.165) is 10.5 Å². The Labute approximate surface area is 117 Å². The van der Waals surface area contributed by atoms with E-state index in [1.54, 1.807) is 11.3 Å². The summed E-state index contributed by atoms with van der Waals surface area (Å²) in [6.07, 6.45) is 3.69. The number of nitrogens with zero attached hydrogens (tertiary/aromatic N) is 1. The molecule has 1 aromatic heterocycles. The molecule has 0 aliphatic rings. The normalized spacial score (nSPS) is 11.0. The Morgan fingerprint density at radius 2 is 1.79 bits per heavy atom. The Morgan fingerprint density at radius 1 is 1.00 bits per heavy atom. The molecule has 0 N–H and O–H groups in total. The van der Waals surface area contributed by atoms with Gasteiger partial charge in [0.15, 0.2) is 0 Å². The smallest absolute Gasteiger partial charge is 0.124 e. The number of benzene rings is 2. The first-order valence-electron chi connectivity index (χ1n) is 6.81. The summed E-state index contributed by atoms with van der Waals surface area (Å²) in [6.45, 7) is 2.23. The number of hydrogen-bond acceptors (Lipinski definition) is 2. The van der Waals surface area contributed by atoms with E-state index in [2.05, 4.69) is 49.4 Å². The standard InChI is InChI=1S/C17H17NS/c1-2-3-6-13-9-11-14(12-10-13)17-18-15-7-4-5-8-16(15)19-17/h4-5,7-12H,2-3,6H2,1H3. The molecule has 2 heteroatoms. The van der Waals surface area contributed by atoms with E-state index in [4.69, 9.17) is 4.98 Å². The second-order valence-corrected chi connectivity index (χ2v) is 5.82. The summed E-state index contributed by atoms with van der Waals surface area (Å²) in [4.78, 5) is 4.69. The molecular weight excluding hydrogens is 250 g/mol. The Balaban J connectivity index is 1.88. The van der Waals surface area contributed by atoms with Crippen molar-refractivity contribution >= 4 is 21.6 Å². The molecule has 0 fully saturated rings. The van der Waals surface area contributed by atoms with Gasteiger partial charge in [-0.05, 0) is 30.5 Å². The highest BCUT2D eigenvalue weighted by molar-refractivity contribution is 7.21. The summed E-state index contributed by atoms with van der Waals surface area (Å²) < 4.78 is 1.26. The van der Waals surface area contributed by atoms with Gasteiger partial charge in [-0.15, -0.1) is 11.3 Å². The molecule has 0 amide bonds. The highest BCUT2D eigenvalue weighted by Gasteiger charge is 2.05. The fraction of sp³-hybridized carbons (Fsp3) is 0.235. The molecule has 0 saturated heterocycles. The minimum atomic E-state index is 1.09. The van der Waals surface area contributed by atoms with Crippen molar-refractivity contribution in [3.05, 3.63) is 54.1 Å². The van der Waals surface area contributed by atoms with E-state index >= 15 is 0 Å². The van der Waals surface area contributed by atoms with Gasteiger partial charge < -0.3 is 0 Å². The zero-order chi connectivity index (χ0) is 13.1. The molecule has 3 aromatic rings. The second-order valence-electron chi connectivity index (χ2n) is 4.79. The van der Waals surface area contributed by atoms with Gasteiger partial charge >= 0.3 is 0 Å². The Morgan fingerprint density at radius 3 is 2.53 bits per heavy atom. The molecule has 0 aliphatic heterocycles. The van der Waals surface area contributed by atoms with Crippen LogP contribution in [0.5, 0.6) is 0 Å². The van der Waals surface area contributed by atoms with Crippen molar-refractivity contribution in [2.75, 3.05) is 0 Å². The summed E-state index contributed by atoms with van der Waals surface area (Å²) in [5, 5.41) is 1.11. The number of hydrogen-bond donors (Lipinski definition) is 0. The van der Waals surface area contributed by atoms with Crippen LogP contribution in [-0.4, -0.2) is 4.98 Å². The average molecular weight is 267 g/mol. The van der Waals surface area contributed by atoms with Crippen LogP contribution >= 0.6 is 11.3 Å². The van der Waals surface area contributed by atoms with E-state index in [1.807, 2.05) is 6.07 Å². The van der Waals surface area contributed by atoms with Crippen LogP contribution in [0.15, 0.2) is 48.5 Å². The summed E-state index contributed by atoms with van der Waals surface area (Å²) >= 11 is 1.76. The maximum Gasteiger partial charge on any atom is 0.124 e. The first kappa shape index (κ1) is 12.4. The quantitative estimate of drug-likeness (QED) is 0.624. The van der Waals surface area contributed by atoms with Crippen LogP contribution in [0.2, 0.25) is 0 Å². The molecule has 1 nitrogen and oxygen atoms in total. The third kappa shape index (κ3) is 2.69. The van der Waals surface area contributed by atoms with Crippen LogP contribution < -0.4 is 0 Å². The van der Waals surface area contributed by atoms with Crippen LogP contribution in [-0.2, 0) is 6.42 Å². The lowest BCUT2D eigenvalue weighted by atomic mass is 10.1. The minimum Gasteiger partial charge on any atom is -0.236 e. The van der Waals surface area contributed by atoms with Crippen molar-refractivity contribution in [2.45, 2.75) is 26.2 Å². The molecule has 0 spiro atoms. The molecule has 2 aromatic carbocycles. The Kier molecular flexibility index (Phi) is 3.60. The van der Waals surface area contributed by atoms with Gasteiger partial charge in [0.05, 0.1) is 10.2 Å². The molecule has 19 heavy (non-hydrogen) atoms. The largest absolute Gasteiger partial charge is 0.236 e. The third-order valence-electron chi connectivity index (χ3n) is 3.31. The van der Waals surface area contributed by atoms with Crippen molar-refractivity contribution in [1.29, 1.82) is 0 Å². The molecule has 0 saturated carbocycles. The lowest BCUT2D eigenvalue weighted by molar-refractivity contribution is 0.795. The van der Waals surface area contributed by atoms with Gasteiger partial charge in [0, 0.05) is 5.56 Å². The molecule has 0 unspecified atom stereocenters. The molecule has 1 heterocycles. The van der Waals surface area contributed by atoms with E-state index in [-0.39, 0.29) is 0 Å². The number of rotatable bonds is 4. The topological polar surface area (TPSA) is 12.9 Å². The van der Waals surface area contributed by atoms with E-state index in [0.29, 0.717) is 0 Å². The van der Waals surface area contributed by atoms with Gasteiger partial charge in [-0.3, -0.25) is 0 Å². The molecule has 3 rings (SSSR count). The molecule has 0 atom stereocenters. The van der Waals surface area contributed by atoms with Gasteiger partial charge in [-0.1, -0.05) is 49.7 Å². The van der Waals surface area contributed by atoms with Gasteiger partial charge in [-0.2, -0.15) is 0 Å². The zero-order valence-corrected chi connectivity index (χ0v) is 11.9. The summed E-state index contributed by atoms with van der Waals surface area (Å²) in [6, 6.07) is 17.2. The second kappa shape index (κ2) is 5.54. The molecule has 0 bridgehead atoms. The molecular formula is C17H17NS. The van der Waals surface area contributed by atoms with Crippen molar-refractivity contribution in [2.24, 2.45) is 0 Å². The number of aromatic nitrogens is 1. The van der Waals surface area contributed by atoms with Crippen LogP contribution in [0.3, 0.4) is 0 Å². The number of fused-ring (bicyclic) bond motifs is 1. The Bertz CT molecular complexity index is 634. The maximum absolute atomic E-state index is 4.69. The first-order valence-corrected chi connectivity index (χ1v) is 7.63. The molecule has 0 radical (unpaired) electrons. The lowest BCUT2D eigenvalue weighted by Crippen LogP contribution is -1.84. The fourth-order valence-electron chi connectivity index (χ4n) is 2.19. The van der Waals surface area contributed by atoms with Crippen molar-refractivity contribution < 1.29 is 0 Å². The van der Waals surface area contributed by atoms with Crippen LogP contribution in [0.4, 0.5) is 0 Å². The van der Waals surface area contributed by atoms with Crippen LogP contribution in [0.25, 0.3) is 20.8 Å². The lowest BCUT2D eigenvalue weighted by Gasteiger charge is -2.01. The summed E-state index contributed by atoms with van der Waals surface area (Å²) in [5.74, 6) is 0. The summed E-state index contributed by atoms with van der Waals surface area (Å²) in [7, 11) is 0. The fourth-order valence-corrected chi connectivity index (χ4v) is 3.16. The maximum atomic E-state index is 4.69. The van der Waals surface area contributed by atoms with Crippen molar-refractivity contribution in [1.82, 2.24) is 4.98 Å². The van der Waals surface area contributed by atoms with E-state index < -0.39 is 0 Å². The third-order valence-corrected chi connectivity index (χ3v) is 4.40. The van der Waals surface area contributed by atoms with Crippen LogP contribution in [0.1, 0.15) is 25.3 Å². The van der Waals surface area contributed by atoms with E-state index in [9.17, 15) is 0 Å². The van der Waals surface area contributed by atoms with Gasteiger partial charge in [0.2, 0.25) is 0 Å². The monoisotopic (exact) mass is 267 g/mol. The van der Waals surface area contributed by atoms with E-state index in [1.165, 1.54) is 35.1 Å². The Hall–Kier alpha value is -1.67. The molecule has 96 valence electrons. The number of para-hydroxylation sites is 1. The highest BCUT2D eigenvalue weighted by Crippen LogP contribution is 2.30. The predicted octanol–water partition coefficient (Wildman–Crippen LogP) is 5.31. The van der Waals surface area contributed by atoms with Gasteiger partial charge in [-0.25, -0.2) is 4.98 Å². The highest BCUT2D eigenvalue weighted by atomic mass is 32.1. The van der Waals surface area contributed by atoms with Crippen molar-refractivity contribution in [3.8, 4) is 10.6 Å². The summed E-state index contributed by atoms with van der Waals surface area (Å²) in [5.41, 5.74) is 3.74. The zero-order valence-electron chi connectivity index (χ0n) is 11.1. The van der Waals surface area contributed by atoms with Crippen molar-refractivity contribution in [3.63, 3.8) is 0 Å². The SMILES string of the molecule is CCCCc1ccc(-c2nc3ccccc3s2)cc1. The first-order chi connectivity index (χ1) is 9.36. The van der Waals surface area contributed by atoms with Gasteiger partial charge in [0.25, 0.3) is 0 Å². The average Bonchev–Trinajstić information content (AvgIpc) is 2.89. The molecule has 0 aliphatic carbocycles. The predicted molar refractivity (Wildman–Crippen MR) is 83.7 cm³/mol. The van der Waals surface area contributed by atoms with Gasteiger partial charge in [0.1, 0.15) is 5.01 Å². The van der Waals surface area contributed by atoms with Crippen LogP contribution in [0, 0.1) is 0 Å².